The van der Waals surface area contributed by atoms with E-state index in [4.69, 9.17) is 16.3 Å². The van der Waals surface area contributed by atoms with Gasteiger partial charge in [-0.05, 0) is 49.1 Å². The van der Waals surface area contributed by atoms with Gasteiger partial charge < -0.3 is 14.5 Å². The highest BCUT2D eigenvalue weighted by molar-refractivity contribution is 6.32. The van der Waals surface area contributed by atoms with E-state index in [1.165, 1.54) is 0 Å². The van der Waals surface area contributed by atoms with Crippen LogP contribution in [0.5, 0.6) is 5.75 Å². The molecule has 0 saturated heterocycles. The van der Waals surface area contributed by atoms with Crippen LogP contribution in [-0.2, 0) is 16.0 Å². The van der Waals surface area contributed by atoms with Crippen molar-refractivity contribution in [3.8, 4) is 5.75 Å². The molecule has 1 fully saturated rings. The van der Waals surface area contributed by atoms with Crippen LogP contribution in [-0.4, -0.2) is 32.0 Å². The third-order valence-corrected chi connectivity index (χ3v) is 5.59. The minimum atomic E-state index is -0.00518. The van der Waals surface area contributed by atoms with E-state index in [0.717, 1.165) is 36.2 Å². The molecule has 1 aliphatic carbocycles. The van der Waals surface area contributed by atoms with Crippen LogP contribution in [0, 0.1) is 5.92 Å². The van der Waals surface area contributed by atoms with Gasteiger partial charge in [0.1, 0.15) is 5.75 Å². The Kier molecular flexibility index (Phi) is 5.27. The third kappa shape index (κ3) is 3.72. The first-order valence-corrected chi connectivity index (χ1v) is 9.99. The summed E-state index contributed by atoms with van der Waals surface area (Å²) in [4.78, 5) is 29.5. The number of ether oxygens (including phenoxy) is 1. The Morgan fingerprint density at radius 2 is 1.75 bits per heavy atom. The predicted molar refractivity (Wildman–Crippen MR) is 110 cm³/mol. The Morgan fingerprint density at radius 1 is 1.07 bits per heavy atom. The molecule has 0 N–H and O–H groups in total. The fourth-order valence-corrected chi connectivity index (χ4v) is 3.96. The zero-order valence-corrected chi connectivity index (χ0v) is 16.6. The Bertz CT molecular complexity index is 910. The molecule has 0 atom stereocenters. The van der Waals surface area contributed by atoms with Crippen molar-refractivity contribution >= 4 is 34.8 Å². The van der Waals surface area contributed by atoms with E-state index in [2.05, 4.69) is 0 Å². The van der Waals surface area contributed by atoms with Crippen LogP contribution >= 0.6 is 11.6 Å². The second-order valence-electron chi connectivity index (χ2n) is 7.30. The van der Waals surface area contributed by atoms with Crippen molar-refractivity contribution in [3.63, 3.8) is 0 Å². The number of amides is 2. The molecule has 2 amide bonds. The molecule has 0 aromatic heterocycles. The molecule has 4 rings (SSSR count). The summed E-state index contributed by atoms with van der Waals surface area (Å²) in [5, 5.41) is 0.491. The summed E-state index contributed by atoms with van der Waals surface area (Å²) < 4.78 is 5.18. The Morgan fingerprint density at radius 3 is 2.39 bits per heavy atom. The first-order valence-electron chi connectivity index (χ1n) is 9.61. The molecule has 146 valence electrons. The van der Waals surface area contributed by atoms with E-state index in [-0.39, 0.29) is 24.2 Å². The van der Waals surface area contributed by atoms with Crippen molar-refractivity contribution in [2.24, 2.45) is 5.92 Å². The van der Waals surface area contributed by atoms with Crippen LogP contribution < -0.4 is 14.5 Å². The van der Waals surface area contributed by atoms with Crippen LogP contribution in [0.25, 0.3) is 0 Å². The molecule has 0 spiro atoms. The number of methoxy groups -OCH3 is 1. The number of rotatable bonds is 4. The Hall–Kier alpha value is -2.53. The van der Waals surface area contributed by atoms with Crippen LogP contribution in [0.1, 0.15) is 24.8 Å². The Balaban J connectivity index is 1.59. The molecule has 0 unspecified atom stereocenters. The molecule has 2 aromatic rings. The van der Waals surface area contributed by atoms with E-state index in [0.29, 0.717) is 23.9 Å². The van der Waals surface area contributed by atoms with Crippen LogP contribution in [0.3, 0.4) is 0 Å². The number of carbonyl (C=O) groups is 2. The fourth-order valence-electron chi connectivity index (χ4n) is 3.68. The number of carbonyl (C=O) groups excluding carboxylic acids is 2. The standard InChI is InChI=1S/C22H23ClN2O3/c1-28-20-10-7-15(13-17(20)23)14-21(26)24-11-4-12-25(22(27)16-8-9-16)19-6-3-2-5-18(19)24/h2-3,5-7,10,13,16H,4,8-9,11-12,14H2,1H3. The number of halogens is 1. The van der Waals surface area contributed by atoms with Gasteiger partial charge in [0, 0.05) is 19.0 Å². The summed E-state index contributed by atoms with van der Waals surface area (Å²) in [7, 11) is 1.56. The second kappa shape index (κ2) is 7.84. The van der Waals surface area contributed by atoms with E-state index in [1.54, 1.807) is 24.1 Å². The number of fused-ring (bicyclic) bond motifs is 1. The van der Waals surface area contributed by atoms with Crippen LogP contribution in [0.15, 0.2) is 42.5 Å². The normalized spacial score (nSPS) is 16.4. The summed E-state index contributed by atoms with van der Waals surface area (Å²) in [5.41, 5.74) is 2.47. The molecule has 1 aliphatic heterocycles. The van der Waals surface area contributed by atoms with E-state index < -0.39 is 0 Å². The molecular weight excluding hydrogens is 376 g/mol. The van der Waals surface area contributed by atoms with Crippen LogP contribution in [0.4, 0.5) is 11.4 Å². The highest BCUT2D eigenvalue weighted by atomic mass is 35.5. The summed E-state index contributed by atoms with van der Waals surface area (Å²) in [6.45, 7) is 1.23. The first-order chi connectivity index (χ1) is 13.6. The lowest BCUT2D eigenvalue weighted by Gasteiger charge is -2.25. The molecule has 1 saturated carbocycles. The number of nitrogens with zero attached hydrogens (tertiary/aromatic N) is 2. The van der Waals surface area contributed by atoms with Gasteiger partial charge in [0.15, 0.2) is 0 Å². The van der Waals surface area contributed by atoms with Gasteiger partial charge in [0.2, 0.25) is 11.8 Å². The first kappa shape index (κ1) is 18.8. The average molecular weight is 399 g/mol. The van der Waals surface area contributed by atoms with Gasteiger partial charge in [-0.1, -0.05) is 29.8 Å². The monoisotopic (exact) mass is 398 g/mol. The fraction of sp³-hybridized carbons (Fsp3) is 0.364. The summed E-state index contributed by atoms with van der Waals surface area (Å²) in [6.07, 6.45) is 2.94. The topological polar surface area (TPSA) is 49.9 Å². The predicted octanol–water partition coefficient (Wildman–Crippen LogP) is 4.07. The van der Waals surface area contributed by atoms with Gasteiger partial charge in [-0.3, -0.25) is 9.59 Å². The van der Waals surface area contributed by atoms with Crippen molar-refractivity contribution in [2.75, 3.05) is 30.0 Å². The highest BCUT2D eigenvalue weighted by Gasteiger charge is 2.36. The Labute approximate surface area is 169 Å². The van der Waals surface area contributed by atoms with Gasteiger partial charge in [0.25, 0.3) is 0 Å². The van der Waals surface area contributed by atoms with Gasteiger partial charge in [0.05, 0.1) is 29.9 Å². The quantitative estimate of drug-likeness (QED) is 0.780. The molecule has 0 bridgehead atoms. The van der Waals surface area contributed by atoms with Crippen molar-refractivity contribution in [3.05, 3.63) is 53.1 Å². The number of benzene rings is 2. The molecule has 2 aliphatic rings. The number of hydrogen-bond donors (Lipinski definition) is 0. The molecule has 1 heterocycles. The molecule has 6 heteroatoms. The minimum absolute atomic E-state index is 0.00518. The van der Waals surface area contributed by atoms with Gasteiger partial charge in [-0.25, -0.2) is 0 Å². The molecule has 2 aromatic carbocycles. The lowest BCUT2D eigenvalue weighted by atomic mass is 10.1. The van der Waals surface area contributed by atoms with Crippen LogP contribution in [0.2, 0.25) is 5.02 Å². The number of hydrogen-bond acceptors (Lipinski definition) is 3. The minimum Gasteiger partial charge on any atom is -0.495 e. The lowest BCUT2D eigenvalue weighted by molar-refractivity contribution is -0.120. The van der Waals surface area contributed by atoms with Gasteiger partial charge in [-0.2, -0.15) is 0 Å². The number of anilines is 2. The van der Waals surface area contributed by atoms with Crippen molar-refractivity contribution in [1.29, 1.82) is 0 Å². The summed E-state index contributed by atoms with van der Waals surface area (Å²) in [6, 6.07) is 13.1. The smallest absolute Gasteiger partial charge is 0.231 e. The molecule has 5 nitrogen and oxygen atoms in total. The summed E-state index contributed by atoms with van der Waals surface area (Å²) >= 11 is 6.20. The maximum Gasteiger partial charge on any atom is 0.231 e. The SMILES string of the molecule is COc1ccc(CC(=O)N2CCCN(C(=O)C3CC3)c3ccccc32)cc1Cl. The van der Waals surface area contributed by atoms with E-state index in [1.807, 2.05) is 35.2 Å². The molecular formula is C22H23ClN2O3. The maximum atomic E-state index is 13.1. The largest absolute Gasteiger partial charge is 0.495 e. The van der Waals surface area contributed by atoms with Crippen molar-refractivity contribution < 1.29 is 14.3 Å². The average Bonchev–Trinajstić information content (AvgIpc) is 3.54. The van der Waals surface area contributed by atoms with Gasteiger partial charge in [-0.15, -0.1) is 0 Å². The second-order valence-corrected chi connectivity index (χ2v) is 7.70. The van der Waals surface area contributed by atoms with E-state index in [9.17, 15) is 9.59 Å². The van der Waals surface area contributed by atoms with Gasteiger partial charge >= 0.3 is 0 Å². The van der Waals surface area contributed by atoms with Crippen molar-refractivity contribution in [1.82, 2.24) is 0 Å². The zero-order chi connectivity index (χ0) is 19.7. The van der Waals surface area contributed by atoms with E-state index >= 15 is 0 Å². The number of para-hydroxylation sites is 2. The molecule has 0 radical (unpaired) electrons. The lowest BCUT2D eigenvalue weighted by Crippen LogP contribution is -2.33. The zero-order valence-electron chi connectivity index (χ0n) is 15.9. The summed E-state index contributed by atoms with van der Waals surface area (Å²) in [5.74, 6) is 0.919. The maximum absolute atomic E-state index is 13.1. The van der Waals surface area contributed by atoms with Crippen molar-refractivity contribution in [2.45, 2.75) is 25.7 Å². The highest BCUT2D eigenvalue weighted by Crippen LogP contribution is 2.38. The third-order valence-electron chi connectivity index (χ3n) is 5.29. The molecule has 28 heavy (non-hydrogen) atoms.